The molecule has 0 bridgehead atoms. The van der Waals surface area contributed by atoms with Crippen LogP contribution in [0.3, 0.4) is 0 Å². The van der Waals surface area contributed by atoms with Crippen molar-refractivity contribution in [3.63, 3.8) is 0 Å². The lowest BCUT2D eigenvalue weighted by atomic mass is 10.1. The minimum absolute atomic E-state index is 0.407. The molecule has 0 saturated heterocycles. The third kappa shape index (κ3) is 4.56. The van der Waals surface area contributed by atoms with Gasteiger partial charge in [-0.25, -0.2) is 0 Å². The fraction of sp³-hybridized carbons (Fsp3) is 0.429. The number of carbonyl (C=O) groups is 2. The molecule has 0 heterocycles. The van der Waals surface area contributed by atoms with Crippen LogP contribution in [0.1, 0.15) is 24.5 Å². The van der Waals surface area contributed by atoms with Crippen molar-refractivity contribution in [1.29, 1.82) is 0 Å². The minimum Gasteiger partial charge on any atom is -0.348 e. The number of nitrogens with one attached hydrogen (secondary N) is 2. The van der Waals surface area contributed by atoms with Gasteiger partial charge >= 0.3 is 11.8 Å². The van der Waals surface area contributed by atoms with Gasteiger partial charge in [0.1, 0.15) is 0 Å². The van der Waals surface area contributed by atoms with Crippen LogP contribution in [-0.4, -0.2) is 24.2 Å². The van der Waals surface area contributed by atoms with Gasteiger partial charge in [0.15, 0.2) is 0 Å². The second kappa shape index (κ2) is 7.79. The lowest BCUT2D eigenvalue weighted by Gasteiger charge is -2.12. The summed E-state index contributed by atoms with van der Waals surface area (Å²) in [6, 6.07) is 5.78. The molecule has 0 saturated carbocycles. The van der Waals surface area contributed by atoms with Gasteiger partial charge in [0.2, 0.25) is 0 Å². The fourth-order valence-corrected chi connectivity index (χ4v) is 1.85. The maximum absolute atomic E-state index is 11.8. The topological polar surface area (TPSA) is 58.2 Å². The van der Waals surface area contributed by atoms with Crippen LogP contribution in [0.5, 0.6) is 0 Å². The lowest BCUT2D eigenvalue weighted by Crippen LogP contribution is -2.36. The molecule has 0 spiro atoms. The number of rotatable bonds is 5. The maximum Gasteiger partial charge on any atom is 0.313 e. The van der Waals surface area contributed by atoms with Crippen LogP contribution in [0.4, 0.5) is 5.69 Å². The van der Waals surface area contributed by atoms with Crippen LogP contribution in [0.2, 0.25) is 0 Å². The molecule has 104 valence electrons. The van der Waals surface area contributed by atoms with E-state index >= 15 is 0 Å². The van der Waals surface area contributed by atoms with Crippen molar-refractivity contribution in [3.8, 4) is 0 Å². The average Bonchev–Trinajstić information content (AvgIpc) is 2.41. The number of carbonyl (C=O) groups excluding carboxylic acids is 2. The molecule has 1 aromatic rings. The highest BCUT2D eigenvalue weighted by molar-refractivity contribution is 6.39. The summed E-state index contributed by atoms with van der Waals surface area (Å²) in [6.45, 7) is 4.31. The SMILES string of the molecule is CCc1cccc(C)c1NC(=O)C(=O)NCCCCl. The van der Waals surface area contributed by atoms with Gasteiger partial charge in [0, 0.05) is 18.1 Å². The van der Waals surface area contributed by atoms with Crippen molar-refractivity contribution in [3.05, 3.63) is 29.3 Å². The van der Waals surface area contributed by atoms with Gasteiger partial charge < -0.3 is 10.6 Å². The Morgan fingerprint density at radius 2 is 2.00 bits per heavy atom. The highest BCUT2D eigenvalue weighted by Gasteiger charge is 2.15. The number of hydrogen-bond donors (Lipinski definition) is 2. The number of halogens is 1. The first-order valence-corrected chi connectivity index (χ1v) is 6.87. The summed E-state index contributed by atoms with van der Waals surface area (Å²) in [7, 11) is 0. The molecule has 0 aliphatic heterocycles. The summed E-state index contributed by atoms with van der Waals surface area (Å²) in [4.78, 5) is 23.3. The molecule has 0 atom stereocenters. The zero-order valence-corrected chi connectivity index (χ0v) is 12.0. The Balaban J connectivity index is 2.69. The monoisotopic (exact) mass is 282 g/mol. The van der Waals surface area contributed by atoms with E-state index in [-0.39, 0.29) is 0 Å². The van der Waals surface area contributed by atoms with Gasteiger partial charge in [0.25, 0.3) is 0 Å². The molecule has 2 amide bonds. The van der Waals surface area contributed by atoms with E-state index in [9.17, 15) is 9.59 Å². The molecule has 19 heavy (non-hydrogen) atoms. The predicted octanol–water partition coefficient (Wildman–Crippen LogP) is 2.24. The van der Waals surface area contributed by atoms with Crippen molar-refractivity contribution in [2.45, 2.75) is 26.7 Å². The van der Waals surface area contributed by atoms with E-state index in [0.29, 0.717) is 18.8 Å². The highest BCUT2D eigenvalue weighted by atomic mass is 35.5. The molecule has 0 unspecified atom stereocenters. The van der Waals surface area contributed by atoms with Gasteiger partial charge in [-0.05, 0) is 30.9 Å². The van der Waals surface area contributed by atoms with Gasteiger partial charge in [-0.1, -0.05) is 25.1 Å². The van der Waals surface area contributed by atoms with E-state index in [0.717, 1.165) is 23.2 Å². The molecule has 0 aromatic heterocycles. The first-order valence-electron chi connectivity index (χ1n) is 6.33. The molecule has 0 radical (unpaired) electrons. The first kappa shape index (κ1) is 15.5. The minimum atomic E-state index is -0.640. The van der Waals surface area contributed by atoms with E-state index in [1.807, 2.05) is 32.0 Å². The first-order chi connectivity index (χ1) is 9.10. The zero-order chi connectivity index (χ0) is 14.3. The Bertz CT molecular complexity index is 461. The molecule has 5 heteroatoms. The number of anilines is 1. The molecule has 1 aromatic carbocycles. The lowest BCUT2D eigenvalue weighted by molar-refractivity contribution is -0.136. The summed E-state index contributed by atoms with van der Waals surface area (Å²) in [6.07, 6.45) is 1.44. The summed E-state index contributed by atoms with van der Waals surface area (Å²) in [5, 5.41) is 5.20. The smallest absolute Gasteiger partial charge is 0.313 e. The average molecular weight is 283 g/mol. The van der Waals surface area contributed by atoms with Gasteiger partial charge in [0.05, 0.1) is 0 Å². The summed E-state index contributed by atoms with van der Waals surface area (Å²) in [5.41, 5.74) is 2.69. The zero-order valence-electron chi connectivity index (χ0n) is 11.3. The number of para-hydroxylation sites is 1. The van der Waals surface area contributed by atoms with Crippen LogP contribution in [0.25, 0.3) is 0 Å². The van der Waals surface area contributed by atoms with Crippen molar-refractivity contribution >= 4 is 29.1 Å². The quantitative estimate of drug-likeness (QED) is 0.494. The summed E-state index contributed by atoms with van der Waals surface area (Å²) < 4.78 is 0. The normalized spacial score (nSPS) is 10.1. The van der Waals surface area contributed by atoms with E-state index in [1.54, 1.807) is 0 Å². The summed E-state index contributed by atoms with van der Waals surface area (Å²) >= 11 is 5.50. The Hall–Kier alpha value is -1.55. The second-order valence-corrected chi connectivity index (χ2v) is 4.59. The highest BCUT2D eigenvalue weighted by Crippen LogP contribution is 2.20. The molecule has 0 aliphatic rings. The molecule has 0 aliphatic carbocycles. The number of hydrogen-bond acceptors (Lipinski definition) is 2. The molecular formula is C14H19ClN2O2. The summed E-state index contributed by atoms with van der Waals surface area (Å²) in [5.74, 6) is -0.811. The largest absolute Gasteiger partial charge is 0.348 e. The fourth-order valence-electron chi connectivity index (χ4n) is 1.72. The number of alkyl halides is 1. The van der Waals surface area contributed by atoms with Gasteiger partial charge in [-0.15, -0.1) is 11.6 Å². The van der Waals surface area contributed by atoms with Crippen LogP contribution in [-0.2, 0) is 16.0 Å². The standard InChI is InChI=1S/C14H19ClN2O2/c1-3-11-7-4-6-10(2)12(11)17-14(19)13(18)16-9-5-8-15/h4,6-7H,3,5,8-9H2,1-2H3,(H,16,18)(H,17,19). The molecule has 1 rings (SSSR count). The van der Waals surface area contributed by atoms with Crippen LogP contribution in [0.15, 0.2) is 18.2 Å². The molecule has 4 nitrogen and oxygen atoms in total. The van der Waals surface area contributed by atoms with E-state index < -0.39 is 11.8 Å². The molecule has 2 N–H and O–H groups in total. The third-order valence-corrected chi connectivity index (χ3v) is 3.05. The molecular weight excluding hydrogens is 264 g/mol. The molecule has 0 fully saturated rings. The van der Waals surface area contributed by atoms with Crippen molar-refractivity contribution < 1.29 is 9.59 Å². The second-order valence-electron chi connectivity index (χ2n) is 4.22. The van der Waals surface area contributed by atoms with Crippen molar-refractivity contribution in [2.75, 3.05) is 17.7 Å². The van der Waals surface area contributed by atoms with Gasteiger partial charge in [-0.3, -0.25) is 9.59 Å². The number of benzene rings is 1. The Morgan fingerprint density at radius 3 is 2.63 bits per heavy atom. The predicted molar refractivity (Wildman–Crippen MR) is 77.5 cm³/mol. The third-order valence-electron chi connectivity index (χ3n) is 2.78. The van der Waals surface area contributed by atoms with Crippen molar-refractivity contribution in [2.24, 2.45) is 0 Å². The van der Waals surface area contributed by atoms with Crippen LogP contribution >= 0.6 is 11.6 Å². The van der Waals surface area contributed by atoms with Crippen LogP contribution < -0.4 is 10.6 Å². The van der Waals surface area contributed by atoms with Gasteiger partial charge in [-0.2, -0.15) is 0 Å². The van der Waals surface area contributed by atoms with E-state index in [1.165, 1.54) is 0 Å². The van der Waals surface area contributed by atoms with E-state index in [2.05, 4.69) is 10.6 Å². The maximum atomic E-state index is 11.8. The number of amides is 2. The number of aryl methyl sites for hydroxylation is 2. The van der Waals surface area contributed by atoms with Crippen LogP contribution in [0, 0.1) is 6.92 Å². The Labute approximate surface area is 118 Å². The Kier molecular flexibility index (Phi) is 6.36. The van der Waals surface area contributed by atoms with E-state index in [4.69, 9.17) is 11.6 Å². The van der Waals surface area contributed by atoms with Crippen molar-refractivity contribution in [1.82, 2.24) is 5.32 Å². The Morgan fingerprint density at radius 1 is 1.26 bits per heavy atom.